The van der Waals surface area contributed by atoms with Gasteiger partial charge < -0.3 is 14.5 Å². The minimum absolute atomic E-state index is 0.0621. The Balaban J connectivity index is 1.36. The van der Waals surface area contributed by atoms with E-state index in [0.29, 0.717) is 17.7 Å². The van der Waals surface area contributed by atoms with E-state index in [9.17, 15) is 4.79 Å². The molecule has 0 spiro atoms. The Labute approximate surface area is 168 Å². The molecule has 7 heteroatoms. The molecule has 0 saturated heterocycles. The molecule has 1 N–H and O–H groups in total. The zero-order valence-electron chi connectivity index (χ0n) is 15.8. The summed E-state index contributed by atoms with van der Waals surface area (Å²) in [6.45, 7) is 2.91. The SMILES string of the molecule is CCc1ccc(OCc2nnc(SCC(=O)NCCc3ccccc3)o2)cc1. The van der Waals surface area contributed by atoms with Gasteiger partial charge in [-0.25, -0.2) is 0 Å². The normalized spacial score (nSPS) is 10.6. The van der Waals surface area contributed by atoms with Crippen molar-refractivity contribution in [2.45, 2.75) is 31.6 Å². The lowest BCUT2D eigenvalue weighted by atomic mass is 10.1. The number of aryl methyl sites for hydroxylation is 1. The van der Waals surface area contributed by atoms with E-state index in [0.717, 1.165) is 18.6 Å². The third-order valence-corrected chi connectivity index (χ3v) is 4.87. The molecule has 6 nitrogen and oxygen atoms in total. The summed E-state index contributed by atoms with van der Waals surface area (Å²) in [6, 6.07) is 17.9. The highest BCUT2D eigenvalue weighted by atomic mass is 32.2. The van der Waals surface area contributed by atoms with Gasteiger partial charge in [0.05, 0.1) is 5.75 Å². The molecule has 1 amide bonds. The first-order valence-corrected chi connectivity index (χ1v) is 10.2. The molecule has 0 bridgehead atoms. The fourth-order valence-corrected chi connectivity index (χ4v) is 3.10. The van der Waals surface area contributed by atoms with Gasteiger partial charge >= 0.3 is 0 Å². The van der Waals surface area contributed by atoms with Crippen LogP contribution in [0.25, 0.3) is 0 Å². The average molecular weight is 398 g/mol. The average Bonchev–Trinajstić information content (AvgIpc) is 3.20. The fourth-order valence-electron chi connectivity index (χ4n) is 2.49. The maximum atomic E-state index is 11.9. The van der Waals surface area contributed by atoms with Crippen molar-refractivity contribution in [2.75, 3.05) is 12.3 Å². The Bertz CT molecular complexity index is 866. The van der Waals surface area contributed by atoms with E-state index in [1.165, 1.54) is 22.9 Å². The van der Waals surface area contributed by atoms with Crippen molar-refractivity contribution in [2.24, 2.45) is 0 Å². The molecule has 1 aromatic heterocycles. The predicted octanol–water partition coefficient (Wildman–Crippen LogP) is 3.66. The monoisotopic (exact) mass is 397 g/mol. The molecule has 0 unspecified atom stereocenters. The topological polar surface area (TPSA) is 77.2 Å². The number of aromatic nitrogens is 2. The highest BCUT2D eigenvalue weighted by Gasteiger charge is 2.10. The van der Waals surface area contributed by atoms with E-state index in [1.54, 1.807) is 0 Å². The Morgan fingerprint density at radius 2 is 1.86 bits per heavy atom. The van der Waals surface area contributed by atoms with E-state index in [1.807, 2.05) is 54.6 Å². The van der Waals surface area contributed by atoms with Crippen LogP contribution in [-0.4, -0.2) is 28.4 Å². The summed E-state index contributed by atoms with van der Waals surface area (Å²) in [7, 11) is 0. The minimum Gasteiger partial charge on any atom is -0.484 e. The maximum Gasteiger partial charge on any atom is 0.277 e. The quantitative estimate of drug-likeness (QED) is 0.526. The fraction of sp³-hybridized carbons (Fsp3) is 0.286. The Morgan fingerprint density at radius 1 is 1.07 bits per heavy atom. The summed E-state index contributed by atoms with van der Waals surface area (Å²) in [5, 5.41) is 11.1. The first-order valence-electron chi connectivity index (χ1n) is 9.20. The van der Waals surface area contributed by atoms with Crippen LogP contribution in [0.3, 0.4) is 0 Å². The Hall–Kier alpha value is -2.80. The molecule has 0 aliphatic heterocycles. The lowest BCUT2D eigenvalue weighted by Gasteiger charge is -2.04. The molecule has 3 aromatic rings. The molecule has 1 heterocycles. The summed E-state index contributed by atoms with van der Waals surface area (Å²) in [5.41, 5.74) is 2.45. The van der Waals surface area contributed by atoms with Crippen molar-refractivity contribution in [3.8, 4) is 5.75 Å². The van der Waals surface area contributed by atoms with E-state index in [-0.39, 0.29) is 18.3 Å². The first-order chi connectivity index (χ1) is 13.7. The number of ether oxygens (including phenoxy) is 1. The smallest absolute Gasteiger partial charge is 0.277 e. The van der Waals surface area contributed by atoms with Gasteiger partial charge in [-0.15, -0.1) is 10.2 Å². The number of hydrogen-bond acceptors (Lipinski definition) is 6. The molecule has 0 aliphatic carbocycles. The number of carbonyl (C=O) groups excluding carboxylic acids is 1. The molecule has 2 aromatic carbocycles. The van der Waals surface area contributed by atoms with Crippen LogP contribution in [0.4, 0.5) is 0 Å². The largest absolute Gasteiger partial charge is 0.484 e. The van der Waals surface area contributed by atoms with Gasteiger partial charge in [-0.2, -0.15) is 0 Å². The van der Waals surface area contributed by atoms with Crippen LogP contribution < -0.4 is 10.1 Å². The summed E-state index contributed by atoms with van der Waals surface area (Å²) in [5.74, 6) is 1.30. The molecule has 3 rings (SSSR count). The van der Waals surface area contributed by atoms with Gasteiger partial charge in [-0.05, 0) is 36.1 Å². The number of amides is 1. The van der Waals surface area contributed by atoms with Crippen molar-refractivity contribution in [3.63, 3.8) is 0 Å². The summed E-state index contributed by atoms with van der Waals surface area (Å²) in [4.78, 5) is 11.9. The molecule has 0 atom stereocenters. The van der Waals surface area contributed by atoms with Crippen LogP contribution in [0.5, 0.6) is 5.75 Å². The van der Waals surface area contributed by atoms with Crippen molar-refractivity contribution < 1.29 is 13.9 Å². The molecule has 28 heavy (non-hydrogen) atoms. The van der Waals surface area contributed by atoms with E-state index < -0.39 is 0 Å². The molecule has 0 radical (unpaired) electrons. The molecular formula is C21H23N3O3S. The highest BCUT2D eigenvalue weighted by molar-refractivity contribution is 7.99. The second-order valence-corrected chi connectivity index (χ2v) is 7.05. The Morgan fingerprint density at radius 3 is 2.61 bits per heavy atom. The second kappa shape index (κ2) is 10.5. The zero-order valence-corrected chi connectivity index (χ0v) is 16.6. The van der Waals surface area contributed by atoms with Gasteiger partial charge in [0.25, 0.3) is 11.1 Å². The highest BCUT2D eigenvalue weighted by Crippen LogP contribution is 2.18. The number of nitrogens with one attached hydrogen (secondary N) is 1. The molecule has 146 valence electrons. The number of carbonyl (C=O) groups is 1. The van der Waals surface area contributed by atoms with E-state index >= 15 is 0 Å². The van der Waals surface area contributed by atoms with Gasteiger partial charge in [0.2, 0.25) is 5.91 Å². The number of benzene rings is 2. The number of thioether (sulfide) groups is 1. The standard InChI is InChI=1S/C21H23N3O3S/c1-2-16-8-10-18(11-9-16)26-14-20-23-24-21(27-20)28-15-19(25)22-13-12-17-6-4-3-5-7-17/h3-11H,2,12-15H2,1H3,(H,22,25). The van der Waals surface area contributed by atoms with Crippen molar-refractivity contribution >= 4 is 17.7 Å². The van der Waals surface area contributed by atoms with Gasteiger partial charge in [-0.1, -0.05) is 61.2 Å². The first kappa shape index (κ1) is 19.9. The lowest BCUT2D eigenvalue weighted by Crippen LogP contribution is -2.27. The van der Waals surface area contributed by atoms with Crippen LogP contribution in [0.15, 0.2) is 64.2 Å². The van der Waals surface area contributed by atoms with E-state index in [2.05, 4.69) is 22.4 Å². The summed E-state index contributed by atoms with van der Waals surface area (Å²) >= 11 is 1.21. The van der Waals surface area contributed by atoms with Crippen LogP contribution in [-0.2, 0) is 24.2 Å². The van der Waals surface area contributed by atoms with Gasteiger partial charge in [0, 0.05) is 6.54 Å². The predicted molar refractivity (Wildman–Crippen MR) is 108 cm³/mol. The summed E-state index contributed by atoms with van der Waals surface area (Å²) in [6.07, 6.45) is 1.79. The maximum absolute atomic E-state index is 11.9. The van der Waals surface area contributed by atoms with Crippen molar-refractivity contribution in [3.05, 3.63) is 71.6 Å². The number of rotatable bonds is 10. The van der Waals surface area contributed by atoms with Gasteiger partial charge in [0.1, 0.15) is 5.75 Å². The molecule has 0 fully saturated rings. The third-order valence-electron chi connectivity index (χ3n) is 4.05. The van der Waals surface area contributed by atoms with Crippen LogP contribution in [0, 0.1) is 0 Å². The Kier molecular flexibility index (Phi) is 7.49. The van der Waals surface area contributed by atoms with Gasteiger partial charge in [-0.3, -0.25) is 4.79 Å². The van der Waals surface area contributed by atoms with Gasteiger partial charge in [0.15, 0.2) is 6.61 Å². The zero-order chi connectivity index (χ0) is 19.6. The minimum atomic E-state index is -0.0621. The van der Waals surface area contributed by atoms with Crippen LogP contribution in [0.2, 0.25) is 0 Å². The van der Waals surface area contributed by atoms with Crippen molar-refractivity contribution in [1.82, 2.24) is 15.5 Å². The lowest BCUT2D eigenvalue weighted by molar-refractivity contribution is -0.118. The second-order valence-electron chi connectivity index (χ2n) is 6.12. The van der Waals surface area contributed by atoms with Crippen LogP contribution >= 0.6 is 11.8 Å². The third kappa shape index (κ3) is 6.42. The summed E-state index contributed by atoms with van der Waals surface area (Å²) < 4.78 is 11.2. The van der Waals surface area contributed by atoms with Crippen LogP contribution in [0.1, 0.15) is 23.9 Å². The van der Waals surface area contributed by atoms with Crippen molar-refractivity contribution in [1.29, 1.82) is 0 Å². The molecule has 0 aliphatic rings. The number of nitrogens with zero attached hydrogens (tertiary/aromatic N) is 2. The van der Waals surface area contributed by atoms with E-state index in [4.69, 9.17) is 9.15 Å². The molecular weight excluding hydrogens is 374 g/mol. The number of hydrogen-bond donors (Lipinski definition) is 1. The molecule has 0 saturated carbocycles.